The first kappa shape index (κ1) is 19.5. The minimum absolute atomic E-state index is 0.189. The van der Waals surface area contributed by atoms with E-state index in [0.29, 0.717) is 23.5 Å². The second-order valence-corrected chi connectivity index (χ2v) is 7.06. The zero-order valence-corrected chi connectivity index (χ0v) is 17.0. The minimum Gasteiger partial charge on any atom is -0.497 e. The van der Waals surface area contributed by atoms with Crippen molar-refractivity contribution >= 4 is 28.2 Å². The number of nitrogens with one attached hydrogen (secondary N) is 1. The number of pyridine rings is 1. The molecule has 0 bridgehead atoms. The van der Waals surface area contributed by atoms with Crippen molar-refractivity contribution in [2.24, 2.45) is 0 Å². The molecule has 0 unspecified atom stereocenters. The number of anilines is 2. The van der Waals surface area contributed by atoms with E-state index in [1.807, 2.05) is 66.5 Å². The second kappa shape index (κ2) is 8.66. The fraction of sp³-hybridized carbons (Fsp3) is 0.120. The highest BCUT2D eigenvalue weighted by atomic mass is 16.5. The Morgan fingerprint density at radius 3 is 2.60 bits per heavy atom. The molecule has 0 aliphatic carbocycles. The van der Waals surface area contributed by atoms with Crippen LogP contribution in [0.15, 0.2) is 85.1 Å². The lowest BCUT2D eigenvalue weighted by atomic mass is 10.1. The van der Waals surface area contributed by atoms with Gasteiger partial charge in [-0.2, -0.15) is 0 Å². The van der Waals surface area contributed by atoms with Crippen LogP contribution >= 0.6 is 0 Å². The molecule has 0 aliphatic rings. The predicted octanol–water partition coefficient (Wildman–Crippen LogP) is 5.13. The lowest BCUT2D eigenvalue weighted by molar-refractivity contribution is 0.102. The van der Waals surface area contributed by atoms with Crippen LogP contribution < -0.4 is 15.0 Å². The molecule has 1 aromatic heterocycles. The molecule has 1 heterocycles. The number of rotatable bonds is 6. The summed E-state index contributed by atoms with van der Waals surface area (Å²) in [6.45, 7) is 0.671. The van der Waals surface area contributed by atoms with Gasteiger partial charge in [0.05, 0.1) is 29.6 Å². The van der Waals surface area contributed by atoms with Crippen LogP contribution in [-0.4, -0.2) is 25.0 Å². The van der Waals surface area contributed by atoms with Crippen molar-refractivity contribution < 1.29 is 9.53 Å². The van der Waals surface area contributed by atoms with Gasteiger partial charge in [-0.3, -0.25) is 9.78 Å². The van der Waals surface area contributed by atoms with Gasteiger partial charge in [-0.05, 0) is 29.8 Å². The van der Waals surface area contributed by atoms with E-state index in [1.165, 1.54) is 0 Å². The average Bonchev–Trinajstić information content (AvgIpc) is 2.79. The smallest absolute Gasteiger partial charge is 0.257 e. The quantitative estimate of drug-likeness (QED) is 0.490. The topological polar surface area (TPSA) is 54.5 Å². The highest BCUT2D eigenvalue weighted by molar-refractivity contribution is 6.11. The number of methoxy groups -OCH3 is 1. The van der Waals surface area contributed by atoms with E-state index in [4.69, 9.17) is 4.74 Å². The van der Waals surface area contributed by atoms with Crippen LogP contribution in [0.1, 0.15) is 15.9 Å². The summed E-state index contributed by atoms with van der Waals surface area (Å²) in [6, 6.07) is 25.2. The van der Waals surface area contributed by atoms with Gasteiger partial charge < -0.3 is 15.0 Å². The van der Waals surface area contributed by atoms with Gasteiger partial charge in [0.15, 0.2) is 0 Å². The van der Waals surface area contributed by atoms with Crippen LogP contribution in [0.5, 0.6) is 5.75 Å². The first-order chi connectivity index (χ1) is 14.7. The number of benzene rings is 3. The van der Waals surface area contributed by atoms with Crippen LogP contribution in [0.2, 0.25) is 0 Å². The van der Waals surface area contributed by atoms with E-state index in [1.54, 1.807) is 25.4 Å². The number of fused-ring (bicyclic) bond motifs is 1. The molecule has 1 amide bonds. The van der Waals surface area contributed by atoms with Crippen molar-refractivity contribution in [3.63, 3.8) is 0 Å². The molecule has 0 aliphatic heterocycles. The Balaban J connectivity index is 1.66. The lowest BCUT2D eigenvalue weighted by Gasteiger charge is -2.23. The number of nitrogens with zero attached hydrogens (tertiary/aromatic N) is 2. The maximum Gasteiger partial charge on any atom is 0.257 e. The van der Waals surface area contributed by atoms with Gasteiger partial charge in [-0.15, -0.1) is 0 Å². The third-order valence-corrected chi connectivity index (χ3v) is 5.00. The molecule has 0 fully saturated rings. The SMILES string of the molecule is COc1ccc(C(=O)Nc2cccc3cccnc23)c(N(C)Cc2ccccc2)c1. The second-order valence-electron chi connectivity index (χ2n) is 7.06. The van der Waals surface area contributed by atoms with Gasteiger partial charge in [0.2, 0.25) is 0 Å². The molecule has 1 N–H and O–H groups in total. The van der Waals surface area contributed by atoms with E-state index in [0.717, 1.165) is 22.2 Å². The molecule has 0 radical (unpaired) electrons. The number of ether oxygens (including phenoxy) is 1. The molecule has 5 heteroatoms. The van der Waals surface area contributed by atoms with Crippen molar-refractivity contribution in [2.75, 3.05) is 24.4 Å². The largest absolute Gasteiger partial charge is 0.497 e. The molecule has 5 nitrogen and oxygen atoms in total. The molecular weight excluding hydrogens is 374 g/mol. The highest BCUT2D eigenvalue weighted by Crippen LogP contribution is 2.28. The van der Waals surface area contributed by atoms with E-state index in [-0.39, 0.29) is 5.91 Å². The van der Waals surface area contributed by atoms with Gasteiger partial charge in [0, 0.05) is 31.2 Å². The standard InChI is InChI=1S/C25H23N3O2/c1-28(17-18-8-4-3-5-9-18)23-16-20(30-2)13-14-21(23)25(29)27-22-12-6-10-19-11-7-15-26-24(19)22/h3-16H,17H2,1-2H3,(H,27,29). The lowest BCUT2D eigenvalue weighted by Crippen LogP contribution is -2.22. The van der Waals surface area contributed by atoms with E-state index in [9.17, 15) is 4.79 Å². The summed E-state index contributed by atoms with van der Waals surface area (Å²) in [7, 11) is 3.59. The molecule has 30 heavy (non-hydrogen) atoms. The summed E-state index contributed by atoms with van der Waals surface area (Å²) in [4.78, 5) is 19.7. The number of carbonyl (C=O) groups excluding carboxylic acids is 1. The predicted molar refractivity (Wildman–Crippen MR) is 121 cm³/mol. The Labute approximate surface area is 175 Å². The number of carbonyl (C=O) groups is 1. The van der Waals surface area contributed by atoms with Crippen LogP contribution in [0.3, 0.4) is 0 Å². The number of para-hydroxylation sites is 1. The Bertz CT molecular complexity index is 1170. The summed E-state index contributed by atoms with van der Waals surface area (Å²) in [5.74, 6) is 0.513. The van der Waals surface area contributed by atoms with Gasteiger partial charge >= 0.3 is 0 Å². The average molecular weight is 397 g/mol. The van der Waals surface area contributed by atoms with Crippen LogP contribution in [0, 0.1) is 0 Å². The van der Waals surface area contributed by atoms with E-state index < -0.39 is 0 Å². The molecule has 0 atom stereocenters. The number of hydrogen-bond donors (Lipinski definition) is 1. The third-order valence-electron chi connectivity index (χ3n) is 5.00. The summed E-state index contributed by atoms with van der Waals surface area (Å²) in [6.07, 6.45) is 1.73. The molecule has 0 saturated carbocycles. The van der Waals surface area contributed by atoms with Gasteiger partial charge in [0.25, 0.3) is 5.91 Å². The molecule has 0 spiro atoms. The Morgan fingerprint density at radius 1 is 1.00 bits per heavy atom. The van der Waals surface area contributed by atoms with Crippen LogP contribution in [0.25, 0.3) is 10.9 Å². The minimum atomic E-state index is -0.189. The summed E-state index contributed by atoms with van der Waals surface area (Å²) in [5.41, 5.74) is 3.98. The third kappa shape index (κ3) is 4.10. The van der Waals surface area contributed by atoms with Crippen LogP contribution in [-0.2, 0) is 6.54 Å². The Hall–Kier alpha value is -3.86. The number of hydrogen-bond acceptors (Lipinski definition) is 4. The zero-order valence-electron chi connectivity index (χ0n) is 17.0. The molecule has 3 aromatic carbocycles. The fourth-order valence-corrected chi connectivity index (χ4v) is 3.48. The highest BCUT2D eigenvalue weighted by Gasteiger charge is 2.17. The molecule has 150 valence electrons. The molecule has 4 rings (SSSR count). The Kier molecular flexibility index (Phi) is 5.61. The van der Waals surface area contributed by atoms with Crippen molar-refractivity contribution in [1.29, 1.82) is 0 Å². The van der Waals surface area contributed by atoms with Crippen molar-refractivity contribution in [3.8, 4) is 5.75 Å². The van der Waals surface area contributed by atoms with Crippen LogP contribution in [0.4, 0.5) is 11.4 Å². The first-order valence-corrected chi connectivity index (χ1v) is 9.74. The van der Waals surface area contributed by atoms with Crippen molar-refractivity contribution in [3.05, 3.63) is 96.2 Å². The molecular formula is C25H23N3O2. The summed E-state index contributed by atoms with van der Waals surface area (Å²) in [5, 5.41) is 4.01. The van der Waals surface area contributed by atoms with E-state index >= 15 is 0 Å². The van der Waals surface area contributed by atoms with Crippen molar-refractivity contribution in [1.82, 2.24) is 4.98 Å². The van der Waals surface area contributed by atoms with E-state index in [2.05, 4.69) is 22.4 Å². The molecule has 0 saturated heterocycles. The van der Waals surface area contributed by atoms with Gasteiger partial charge in [-0.1, -0.05) is 48.5 Å². The monoisotopic (exact) mass is 397 g/mol. The normalized spacial score (nSPS) is 10.6. The maximum absolute atomic E-state index is 13.2. The number of aromatic nitrogens is 1. The maximum atomic E-state index is 13.2. The Morgan fingerprint density at radius 2 is 1.80 bits per heavy atom. The first-order valence-electron chi connectivity index (χ1n) is 9.74. The summed E-state index contributed by atoms with van der Waals surface area (Å²) < 4.78 is 5.40. The van der Waals surface area contributed by atoms with Gasteiger partial charge in [0.1, 0.15) is 5.75 Å². The molecule has 4 aromatic rings. The summed E-state index contributed by atoms with van der Waals surface area (Å²) >= 11 is 0. The fourth-order valence-electron chi connectivity index (χ4n) is 3.48. The van der Waals surface area contributed by atoms with Crippen molar-refractivity contribution in [2.45, 2.75) is 6.54 Å². The number of amides is 1. The zero-order chi connectivity index (χ0) is 20.9. The van der Waals surface area contributed by atoms with Gasteiger partial charge in [-0.25, -0.2) is 0 Å².